The number of benzene rings is 1. The maximum atomic E-state index is 11.7. The standard InChI is InChI=1S/C15H16BrNO2S/c16-10-4-5-12-11(8-10)17-13(20-12)9-15(14(18)19)6-2-1-3-7-15/h4-5,8H,1-3,6-7,9H2,(H,18,19). The van der Waals surface area contributed by atoms with Crippen LogP contribution in [0.15, 0.2) is 22.7 Å². The van der Waals surface area contributed by atoms with Gasteiger partial charge in [0.05, 0.1) is 20.6 Å². The summed E-state index contributed by atoms with van der Waals surface area (Å²) in [6.45, 7) is 0. The van der Waals surface area contributed by atoms with Crippen LogP contribution in [0.5, 0.6) is 0 Å². The topological polar surface area (TPSA) is 50.2 Å². The van der Waals surface area contributed by atoms with Crippen molar-refractivity contribution in [2.75, 3.05) is 0 Å². The first-order valence-electron chi connectivity index (χ1n) is 6.87. The zero-order chi connectivity index (χ0) is 14.2. The number of nitrogens with zero attached hydrogens (tertiary/aromatic N) is 1. The van der Waals surface area contributed by atoms with Crippen molar-refractivity contribution in [1.82, 2.24) is 4.98 Å². The fourth-order valence-electron chi connectivity index (χ4n) is 3.01. The molecule has 1 fully saturated rings. The summed E-state index contributed by atoms with van der Waals surface area (Å²) in [5, 5.41) is 10.6. The van der Waals surface area contributed by atoms with Gasteiger partial charge in [-0.25, -0.2) is 4.98 Å². The zero-order valence-electron chi connectivity index (χ0n) is 11.1. The summed E-state index contributed by atoms with van der Waals surface area (Å²) in [6, 6.07) is 6.02. The second-order valence-corrected chi connectivity index (χ2v) is 7.57. The molecule has 0 spiro atoms. The lowest BCUT2D eigenvalue weighted by Gasteiger charge is -2.32. The first kappa shape index (κ1) is 14.0. The first-order valence-corrected chi connectivity index (χ1v) is 8.48. The quantitative estimate of drug-likeness (QED) is 0.874. The Balaban J connectivity index is 1.92. The number of aliphatic carboxylic acids is 1. The molecule has 2 aromatic rings. The Morgan fingerprint density at radius 3 is 2.80 bits per heavy atom. The fraction of sp³-hybridized carbons (Fsp3) is 0.467. The van der Waals surface area contributed by atoms with E-state index in [-0.39, 0.29) is 0 Å². The van der Waals surface area contributed by atoms with Gasteiger partial charge < -0.3 is 5.11 Å². The highest BCUT2D eigenvalue weighted by molar-refractivity contribution is 9.10. The Morgan fingerprint density at radius 1 is 1.35 bits per heavy atom. The van der Waals surface area contributed by atoms with Gasteiger partial charge in [0.25, 0.3) is 0 Å². The Bertz CT molecular complexity index is 646. The lowest BCUT2D eigenvalue weighted by atomic mass is 9.72. The van der Waals surface area contributed by atoms with Crippen molar-refractivity contribution in [1.29, 1.82) is 0 Å². The smallest absolute Gasteiger partial charge is 0.310 e. The number of hydrogen-bond acceptors (Lipinski definition) is 3. The molecule has 0 unspecified atom stereocenters. The second kappa shape index (κ2) is 5.45. The van der Waals surface area contributed by atoms with Crippen LogP contribution in [0.2, 0.25) is 0 Å². The fourth-order valence-corrected chi connectivity index (χ4v) is 4.45. The van der Waals surface area contributed by atoms with Gasteiger partial charge in [-0.05, 0) is 31.0 Å². The van der Waals surface area contributed by atoms with Crippen molar-refractivity contribution in [2.45, 2.75) is 38.5 Å². The SMILES string of the molecule is O=C(O)C1(Cc2nc3cc(Br)ccc3s2)CCCCC1. The Hall–Kier alpha value is -0.940. The highest BCUT2D eigenvalue weighted by Crippen LogP contribution is 2.41. The molecule has 0 saturated heterocycles. The molecule has 1 N–H and O–H groups in total. The molecule has 5 heteroatoms. The molecule has 0 radical (unpaired) electrons. The lowest BCUT2D eigenvalue weighted by Crippen LogP contribution is -2.35. The third-order valence-electron chi connectivity index (χ3n) is 4.15. The molecule has 3 rings (SSSR count). The molecule has 0 atom stereocenters. The maximum absolute atomic E-state index is 11.7. The largest absolute Gasteiger partial charge is 0.481 e. The van der Waals surface area contributed by atoms with E-state index in [4.69, 9.17) is 0 Å². The van der Waals surface area contributed by atoms with Gasteiger partial charge in [0, 0.05) is 10.9 Å². The summed E-state index contributed by atoms with van der Waals surface area (Å²) >= 11 is 5.06. The normalized spacial score (nSPS) is 18.2. The molecular weight excluding hydrogens is 338 g/mol. The summed E-state index contributed by atoms with van der Waals surface area (Å²) in [6.07, 6.45) is 5.32. The molecule has 1 heterocycles. The van der Waals surface area contributed by atoms with Gasteiger partial charge in [0.2, 0.25) is 0 Å². The highest BCUT2D eigenvalue weighted by Gasteiger charge is 2.40. The average Bonchev–Trinajstić information content (AvgIpc) is 2.80. The third-order valence-corrected chi connectivity index (χ3v) is 5.68. The molecular formula is C15H16BrNO2S. The van der Waals surface area contributed by atoms with Crippen molar-refractivity contribution in [3.05, 3.63) is 27.7 Å². The summed E-state index contributed by atoms with van der Waals surface area (Å²) in [5.74, 6) is -0.655. The van der Waals surface area contributed by atoms with Crippen LogP contribution < -0.4 is 0 Å². The summed E-state index contributed by atoms with van der Waals surface area (Å²) in [5.41, 5.74) is 0.360. The number of aromatic nitrogens is 1. The van der Waals surface area contributed by atoms with Gasteiger partial charge in [-0.1, -0.05) is 35.2 Å². The van der Waals surface area contributed by atoms with Crippen LogP contribution >= 0.6 is 27.3 Å². The van der Waals surface area contributed by atoms with Crippen LogP contribution in [-0.2, 0) is 11.2 Å². The van der Waals surface area contributed by atoms with Crippen molar-refractivity contribution in [3.8, 4) is 0 Å². The lowest BCUT2D eigenvalue weighted by molar-refractivity contribution is -0.151. The molecule has 3 nitrogen and oxygen atoms in total. The molecule has 1 saturated carbocycles. The van der Waals surface area contributed by atoms with Gasteiger partial charge in [-0.2, -0.15) is 0 Å². The van der Waals surface area contributed by atoms with Crippen LogP contribution in [0.1, 0.15) is 37.1 Å². The predicted octanol–water partition coefficient (Wildman–Crippen LogP) is 4.64. The molecule has 0 amide bonds. The predicted molar refractivity (Wildman–Crippen MR) is 84.2 cm³/mol. The third kappa shape index (κ3) is 2.61. The zero-order valence-corrected chi connectivity index (χ0v) is 13.5. The van der Waals surface area contributed by atoms with E-state index in [1.165, 1.54) is 0 Å². The number of carbonyl (C=O) groups is 1. The molecule has 1 aliphatic carbocycles. The van der Waals surface area contributed by atoms with Crippen LogP contribution in [0.3, 0.4) is 0 Å². The summed E-state index contributed by atoms with van der Waals surface area (Å²) < 4.78 is 2.13. The Kier molecular flexibility index (Phi) is 3.82. The van der Waals surface area contributed by atoms with Crippen molar-refractivity contribution in [3.63, 3.8) is 0 Å². The highest BCUT2D eigenvalue weighted by atomic mass is 79.9. The van der Waals surface area contributed by atoms with Gasteiger partial charge in [-0.15, -0.1) is 11.3 Å². The minimum atomic E-state index is -0.655. The van der Waals surface area contributed by atoms with Crippen LogP contribution in [-0.4, -0.2) is 16.1 Å². The maximum Gasteiger partial charge on any atom is 0.310 e. The summed E-state index contributed by atoms with van der Waals surface area (Å²) in [7, 11) is 0. The van der Waals surface area contributed by atoms with E-state index >= 15 is 0 Å². The Morgan fingerprint density at radius 2 is 2.10 bits per heavy atom. The van der Waals surface area contributed by atoms with E-state index in [1.54, 1.807) is 11.3 Å². The van der Waals surface area contributed by atoms with E-state index in [9.17, 15) is 9.90 Å². The van der Waals surface area contributed by atoms with Gasteiger partial charge >= 0.3 is 5.97 Å². The minimum absolute atomic E-state index is 0.569. The Labute approximate surface area is 130 Å². The van der Waals surface area contributed by atoms with Crippen molar-refractivity contribution >= 4 is 43.5 Å². The number of halogens is 1. The van der Waals surface area contributed by atoms with Crippen LogP contribution in [0.4, 0.5) is 0 Å². The average molecular weight is 354 g/mol. The molecule has 20 heavy (non-hydrogen) atoms. The first-order chi connectivity index (χ1) is 9.59. The number of carboxylic acid groups (broad SMARTS) is 1. The molecule has 0 aliphatic heterocycles. The van der Waals surface area contributed by atoms with Gasteiger partial charge in [0.15, 0.2) is 0 Å². The van der Waals surface area contributed by atoms with E-state index in [2.05, 4.69) is 20.9 Å². The minimum Gasteiger partial charge on any atom is -0.481 e. The van der Waals surface area contributed by atoms with E-state index in [0.29, 0.717) is 6.42 Å². The monoisotopic (exact) mass is 353 g/mol. The van der Waals surface area contributed by atoms with Crippen molar-refractivity contribution < 1.29 is 9.90 Å². The van der Waals surface area contributed by atoms with E-state index in [0.717, 1.165) is 51.8 Å². The number of thiazole rings is 1. The van der Waals surface area contributed by atoms with Crippen LogP contribution in [0, 0.1) is 5.41 Å². The molecule has 1 aliphatic rings. The van der Waals surface area contributed by atoms with Crippen molar-refractivity contribution in [2.24, 2.45) is 5.41 Å². The molecule has 106 valence electrons. The van der Waals surface area contributed by atoms with Gasteiger partial charge in [0.1, 0.15) is 0 Å². The number of rotatable bonds is 3. The van der Waals surface area contributed by atoms with E-state index < -0.39 is 11.4 Å². The van der Waals surface area contributed by atoms with E-state index in [1.807, 2.05) is 18.2 Å². The molecule has 1 aromatic carbocycles. The second-order valence-electron chi connectivity index (χ2n) is 5.54. The number of hydrogen-bond donors (Lipinski definition) is 1. The molecule has 1 aromatic heterocycles. The van der Waals surface area contributed by atoms with Crippen LogP contribution in [0.25, 0.3) is 10.2 Å². The number of carboxylic acids is 1. The van der Waals surface area contributed by atoms with Gasteiger partial charge in [-0.3, -0.25) is 4.79 Å². The summed E-state index contributed by atoms with van der Waals surface area (Å²) in [4.78, 5) is 16.3. The number of fused-ring (bicyclic) bond motifs is 1. The molecule has 0 bridgehead atoms.